The van der Waals surface area contributed by atoms with Crippen molar-refractivity contribution < 1.29 is 9.53 Å². The highest BCUT2D eigenvalue weighted by atomic mass is 16.5. The van der Waals surface area contributed by atoms with Gasteiger partial charge < -0.3 is 14.6 Å². The molecule has 0 aliphatic carbocycles. The Morgan fingerprint density at radius 2 is 2.00 bits per heavy atom. The van der Waals surface area contributed by atoms with Gasteiger partial charge in [-0.3, -0.25) is 9.48 Å². The lowest BCUT2D eigenvalue weighted by Crippen LogP contribution is -2.16. The van der Waals surface area contributed by atoms with E-state index in [9.17, 15) is 4.79 Å². The fourth-order valence-corrected chi connectivity index (χ4v) is 4.11. The van der Waals surface area contributed by atoms with Gasteiger partial charge in [-0.05, 0) is 36.8 Å². The number of carbonyl (C=O) groups is 1. The molecule has 0 spiro atoms. The first kappa shape index (κ1) is 19.1. The Morgan fingerprint density at radius 1 is 1.13 bits per heavy atom. The van der Waals surface area contributed by atoms with Crippen LogP contribution in [0.25, 0.3) is 22.5 Å². The van der Waals surface area contributed by atoms with Crippen molar-refractivity contribution in [2.45, 2.75) is 19.4 Å². The minimum atomic E-state index is -0.216. The van der Waals surface area contributed by atoms with Gasteiger partial charge in [-0.25, -0.2) is 4.98 Å². The van der Waals surface area contributed by atoms with Crippen molar-refractivity contribution in [3.63, 3.8) is 0 Å². The molecule has 7 nitrogen and oxygen atoms in total. The third-order valence-electron chi connectivity index (χ3n) is 5.63. The number of nitrogens with one attached hydrogen (secondary N) is 1. The number of amides is 1. The van der Waals surface area contributed by atoms with Gasteiger partial charge in [0.05, 0.1) is 24.7 Å². The van der Waals surface area contributed by atoms with Crippen LogP contribution >= 0.6 is 0 Å². The van der Waals surface area contributed by atoms with Gasteiger partial charge in [-0.2, -0.15) is 5.10 Å². The number of hydrogen-bond acceptors (Lipinski definition) is 4. The molecule has 0 radical (unpaired) electrons. The van der Waals surface area contributed by atoms with Crippen LogP contribution in [0.15, 0.2) is 60.8 Å². The third-order valence-corrected chi connectivity index (χ3v) is 5.63. The third kappa shape index (κ3) is 3.48. The number of anilines is 1. The fourth-order valence-electron chi connectivity index (χ4n) is 4.11. The number of benzene rings is 2. The molecule has 0 atom stereocenters. The number of carbonyl (C=O) groups excluding carboxylic acids is 1. The summed E-state index contributed by atoms with van der Waals surface area (Å²) < 4.78 is 9.27. The Labute approximate surface area is 180 Å². The van der Waals surface area contributed by atoms with E-state index in [-0.39, 0.29) is 5.91 Å². The average Bonchev–Trinajstić information content (AvgIpc) is 3.49. The van der Waals surface area contributed by atoms with Crippen LogP contribution in [0.5, 0.6) is 5.75 Å². The quantitative estimate of drug-likeness (QED) is 0.533. The zero-order valence-corrected chi connectivity index (χ0v) is 17.5. The average molecular weight is 413 g/mol. The molecule has 31 heavy (non-hydrogen) atoms. The SMILES string of the molecule is COc1ccccc1-c1cc(C(=O)Nc2cccc(-c3cnc4n3CCC4)c2)n(C)n1. The van der Waals surface area contributed by atoms with Crippen molar-refractivity contribution in [3.05, 3.63) is 72.3 Å². The van der Waals surface area contributed by atoms with Crippen LogP contribution in [-0.4, -0.2) is 32.3 Å². The van der Waals surface area contributed by atoms with Crippen LogP contribution in [0, 0.1) is 0 Å². The molecule has 0 unspecified atom stereocenters. The van der Waals surface area contributed by atoms with E-state index in [0.717, 1.165) is 47.7 Å². The van der Waals surface area contributed by atoms with Crippen molar-refractivity contribution in [2.24, 2.45) is 7.05 Å². The number of ether oxygens (including phenoxy) is 1. The van der Waals surface area contributed by atoms with E-state index in [0.29, 0.717) is 17.1 Å². The predicted molar refractivity (Wildman–Crippen MR) is 119 cm³/mol. The van der Waals surface area contributed by atoms with E-state index in [1.165, 1.54) is 0 Å². The number of para-hydroxylation sites is 1. The second kappa shape index (κ2) is 7.75. The van der Waals surface area contributed by atoms with Gasteiger partial charge in [0.1, 0.15) is 17.3 Å². The van der Waals surface area contributed by atoms with Gasteiger partial charge in [0, 0.05) is 36.8 Å². The summed E-state index contributed by atoms with van der Waals surface area (Å²) in [7, 11) is 3.39. The predicted octanol–water partition coefficient (Wildman–Crippen LogP) is 4.16. The smallest absolute Gasteiger partial charge is 0.273 e. The molecule has 4 aromatic rings. The number of methoxy groups -OCH3 is 1. The molecule has 3 heterocycles. The van der Waals surface area contributed by atoms with E-state index in [4.69, 9.17) is 4.74 Å². The summed E-state index contributed by atoms with van der Waals surface area (Å²) in [5, 5.41) is 7.52. The Morgan fingerprint density at radius 3 is 2.87 bits per heavy atom. The van der Waals surface area contributed by atoms with Crippen molar-refractivity contribution in [2.75, 3.05) is 12.4 Å². The molecule has 0 fully saturated rings. The van der Waals surface area contributed by atoms with Crippen LogP contribution < -0.4 is 10.1 Å². The molecule has 1 N–H and O–H groups in total. The molecule has 156 valence electrons. The van der Waals surface area contributed by atoms with E-state index in [1.807, 2.05) is 54.7 Å². The maximum atomic E-state index is 13.0. The van der Waals surface area contributed by atoms with Gasteiger partial charge in [0.25, 0.3) is 5.91 Å². The lowest BCUT2D eigenvalue weighted by atomic mass is 10.1. The molecule has 0 saturated heterocycles. The largest absolute Gasteiger partial charge is 0.496 e. The van der Waals surface area contributed by atoms with E-state index >= 15 is 0 Å². The van der Waals surface area contributed by atoms with E-state index in [1.54, 1.807) is 24.9 Å². The van der Waals surface area contributed by atoms with Crippen molar-refractivity contribution in [3.8, 4) is 28.3 Å². The molecule has 2 aromatic heterocycles. The minimum absolute atomic E-state index is 0.216. The summed E-state index contributed by atoms with van der Waals surface area (Å²) in [5.74, 6) is 1.63. The highest BCUT2D eigenvalue weighted by Gasteiger charge is 2.19. The highest BCUT2D eigenvalue weighted by molar-refractivity contribution is 6.04. The first-order valence-corrected chi connectivity index (χ1v) is 10.3. The number of aromatic nitrogens is 4. The number of aryl methyl sites for hydroxylation is 2. The summed E-state index contributed by atoms with van der Waals surface area (Å²) >= 11 is 0. The number of fused-ring (bicyclic) bond motifs is 1. The van der Waals surface area contributed by atoms with Gasteiger partial charge in [-0.1, -0.05) is 24.3 Å². The van der Waals surface area contributed by atoms with Crippen LogP contribution in [0.2, 0.25) is 0 Å². The van der Waals surface area contributed by atoms with Gasteiger partial charge in [0.15, 0.2) is 0 Å². The lowest BCUT2D eigenvalue weighted by molar-refractivity contribution is 0.101. The maximum Gasteiger partial charge on any atom is 0.273 e. The molecule has 1 aliphatic rings. The topological polar surface area (TPSA) is 74.0 Å². The summed E-state index contributed by atoms with van der Waals surface area (Å²) in [6.07, 6.45) is 4.06. The normalized spacial score (nSPS) is 12.6. The summed E-state index contributed by atoms with van der Waals surface area (Å²) in [5.41, 5.74) is 4.86. The number of nitrogens with zero attached hydrogens (tertiary/aromatic N) is 4. The van der Waals surface area contributed by atoms with Crippen molar-refractivity contribution in [1.82, 2.24) is 19.3 Å². The van der Waals surface area contributed by atoms with E-state index in [2.05, 4.69) is 20.0 Å². The molecule has 0 saturated carbocycles. The summed E-state index contributed by atoms with van der Waals surface area (Å²) in [4.78, 5) is 17.5. The second-order valence-corrected chi connectivity index (χ2v) is 7.59. The van der Waals surface area contributed by atoms with Gasteiger partial charge in [0.2, 0.25) is 0 Å². The number of rotatable bonds is 5. The van der Waals surface area contributed by atoms with Crippen LogP contribution in [0.4, 0.5) is 5.69 Å². The fraction of sp³-hybridized carbons (Fsp3) is 0.208. The molecule has 5 rings (SSSR count). The molecule has 1 amide bonds. The Kier molecular flexibility index (Phi) is 4.78. The molecule has 2 aromatic carbocycles. The molecule has 0 bridgehead atoms. The Hall–Kier alpha value is -3.87. The number of hydrogen-bond donors (Lipinski definition) is 1. The molecule has 1 aliphatic heterocycles. The minimum Gasteiger partial charge on any atom is -0.496 e. The first-order valence-electron chi connectivity index (χ1n) is 10.3. The second-order valence-electron chi connectivity index (χ2n) is 7.59. The maximum absolute atomic E-state index is 13.0. The summed E-state index contributed by atoms with van der Waals surface area (Å²) in [6, 6.07) is 17.3. The van der Waals surface area contributed by atoms with Gasteiger partial charge in [-0.15, -0.1) is 0 Å². The zero-order valence-electron chi connectivity index (χ0n) is 17.5. The zero-order chi connectivity index (χ0) is 21.4. The first-order chi connectivity index (χ1) is 15.1. The lowest BCUT2D eigenvalue weighted by Gasteiger charge is -2.09. The highest BCUT2D eigenvalue weighted by Crippen LogP contribution is 2.30. The molecule has 7 heteroatoms. The van der Waals surface area contributed by atoms with Crippen LogP contribution in [0.3, 0.4) is 0 Å². The van der Waals surface area contributed by atoms with Crippen LogP contribution in [-0.2, 0) is 20.0 Å². The number of imidazole rings is 1. The molecular formula is C24H23N5O2. The monoisotopic (exact) mass is 413 g/mol. The van der Waals surface area contributed by atoms with Crippen molar-refractivity contribution >= 4 is 11.6 Å². The standard InChI is InChI=1S/C24H23N5O2/c1-28-20(14-19(27-28)18-9-3-4-10-22(18)31-2)24(30)26-17-8-5-7-16(13-17)21-15-25-23-11-6-12-29(21)23/h3-5,7-10,13-15H,6,11-12H2,1-2H3,(H,26,30). The molecular weight excluding hydrogens is 390 g/mol. The Bertz CT molecular complexity index is 1270. The van der Waals surface area contributed by atoms with Crippen LogP contribution in [0.1, 0.15) is 22.7 Å². The summed E-state index contributed by atoms with van der Waals surface area (Å²) in [6.45, 7) is 0.988. The van der Waals surface area contributed by atoms with Crippen molar-refractivity contribution in [1.29, 1.82) is 0 Å². The van der Waals surface area contributed by atoms with Gasteiger partial charge >= 0.3 is 0 Å². The van der Waals surface area contributed by atoms with E-state index < -0.39 is 0 Å². The Balaban J connectivity index is 1.40.